The molecular formula is C20H25N3O2. The molecule has 0 radical (unpaired) electrons. The van der Waals surface area contributed by atoms with Gasteiger partial charge in [0.25, 0.3) is 0 Å². The number of β-amino-alcohol motifs (C(OH)–C–C–N with tert-alkyl or cyclic N) is 1. The largest absolute Gasteiger partial charge is 0.488 e. The Morgan fingerprint density at radius 1 is 1.40 bits per heavy atom. The van der Waals surface area contributed by atoms with E-state index in [9.17, 15) is 5.11 Å². The van der Waals surface area contributed by atoms with Gasteiger partial charge in [-0.05, 0) is 41.7 Å². The third-order valence-corrected chi connectivity index (χ3v) is 4.69. The first-order chi connectivity index (χ1) is 12.0. The van der Waals surface area contributed by atoms with Crippen molar-refractivity contribution in [3.05, 3.63) is 53.3 Å². The van der Waals surface area contributed by atoms with E-state index in [1.54, 1.807) is 0 Å². The van der Waals surface area contributed by atoms with Gasteiger partial charge in [0.2, 0.25) is 0 Å². The number of aromatic amines is 1. The van der Waals surface area contributed by atoms with E-state index in [1.807, 2.05) is 24.4 Å². The molecule has 5 heteroatoms. The maximum absolute atomic E-state index is 10.5. The number of H-pyrrole nitrogens is 1. The van der Waals surface area contributed by atoms with Crippen molar-refractivity contribution < 1.29 is 9.84 Å². The number of aliphatic hydroxyl groups excluding tert-OH is 1. The molecule has 2 aromatic rings. The SMILES string of the molecule is CC(C)c1cccc(O[C@@H]2CCN(Cc3c[nH]c(C#N)c3)C[C@H]2O)c1. The number of ether oxygens (including phenoxy) is 1. The molecule has 132 valence electrons. The van der Waals surface area contributed by atoms with E-state index >= 15 is 0 Å². The number of nitrogens with one attached hydrogen (secondary N) is 1. The third kappa shape index (κ3) is 4.41. The van der Waals surface area contributed by atoms with E-state index in [4.69, 9.17) is 10.00 Å². The van der Waals surface area contributed by atoms with Crippen LogP contribution in [0.4, 0.5) is 0 Å². The quantitative estimate of drug-likeness (QED) is 0.878. The number of hydrogen-bond acceptors (Lipinski definition) is 4. The summed E-state index contributed by atoms with van der Waals surface area (Å²) in [4.78, 5) is 5.13. The van der Waals surface area contributed by atoms with Gasteiger partial charge in [-0.1, -0.05) is 26.0 Å². The molecule has 1 aliphatic heterocycles. The van der Waals surface area contributed by atoms with Gasteiger partial charge in [-0.2, -0.15) is 5.26 Å². The summed E-state index contributed by atoms with van der Waals surface area (Å²) in [6.45, 7) is 6.47. The van der Waals surface area contributed by atoms with Crippen LogP contribution in [0.1, 0.15) is 43.0 Å². The maximum Gasteiger partial charge on any atom is 0.127 e. The normalized spacial score (nSPS) is 21.2. The van der Waals surface area contributed by atoms with Crippen molar-refractivity contribution in [3.63, 3.8) is 0 Å². The van der Waals surface area contributed by atoms with Crippen molar-refractivity contribution in [1.82, 2.24) is 9.88 Å². The molecular weight excluding hydrogens is 314 g/mol. The van der Waals surface area contributed by atoms with Crippen LogP contribution >= 0.6 is 0 Å². The Labute approximate surface area is 148 Å². The summed E-state index contributed by atoms with van der Waals surface area (Å²) < 4.78 is 6.05. The van der Waals surface area contributed by atoms with Crippen molar-refractivity contribution in [2.45, 2.75) is 44.9 Å². The second-order valence-corrected chi connectivity index (χ2v) is 7.01. The molecule has 5 nitrogen and oxygen atoms in total. The molecule has 2 atom stereocenters. The Morgan fingerprint density at radius 2 is 2.24 bits per heavy atom. The van der Waals surface area contributed by atoms with E-state index in [0.29, 0.717) is 18.2 Å². The van der Waals surface area contributed by atoms with Crippen LogP contribution in [0.3, 0.4) is 0 Å². The highest BCUT2D eigenvalue weighted by atomic mass is 16.5. The number of nitrogens with zero attached hydrogens (tertiary/aromatic N) is 2. The second-order valence-electron chi connectivity index (χ2n) is 7.01. The van der Waals surface area contributed by atoms with Gasteiger partial charge in [-0.15, -0.1) is 0 Å². The average Bonchev–Trinajstić information content (AvgIpc) is 3.05. The van der Waals surface area contributed by atoms with Crippen LogP contribution in [0, 0.1) is 11.3 Å². The number of aliphatic hydroxyl groups is 1. The third-order valence-electron chi connectivity index (χ3n) is 4.69. The molecule has 0 spiro atoms. The molecule has 1 saturated heterocycles. The molecule has 0 unspecified atom stereocenters. The van der Waals surface area contributed by atoms with Crippen LogP contribution < -0.4 is 4.74 Å². The number of piperidine rings is 1. The number of benzene rings is 1. The van der Waals surface area contributed by atoms with Crippen LogP contribution in [0.5, 0.6) is 5.75 Å². The fourth-order valence-electron chi connectivity index (χ4n) is 3.23. The summed E-state index contributed by atoms with van der Waals surface area (Å²) in [6, 6.07) is 12.1. The highest BCUT2D eigenvalue weighted by Gasteiger charge is 2.29. The first-order valence-corrected chi connectivity index (χ1v) is 8.79. The second kappa shape index (κ2) is 7.73. The minimum atomic E-state index is -0.522. The predicted octanol–water partition coefficient (Wildman–Crippen LogP) is 3.02. The standard InChI is InChI=1S/C20H25N3O2/c1-14(2)16-4-3-5-18(9-16)25-20-6-7-23(13-19(20)24)12-15-8-17(10-21)22-11-15/h3-5,8-9,11,14,19-20,22,24H,6-7,12-13H2,1-2H3/t19-,20-/m1/s1. The molecule has 0 bridgehead atoms. The highest BCUT2D eigenvalue weighted by molar-refractivity contribution is 5.30. The van der Waals surface area contributed by atoms with Gasteiger partial charge >= 0.3 is 0 Å². The van der Waals surface area contributed by atoms with Crippen LogP contribution in [0.25, 0.3) is 0 Å². The molecule has 0 aliphatic carbocycles. The van der Waals surface area contributed by atoms with Crippen LogP contribution in [0.15, 0.2) is 36.5 Å². The predicted molar refractivity (Wildman–Crippen MR) is 96.4 cm³/mol. The Hall–Kier alpha value is -2.29. The molecule has 0 saturated carbocycles. The van der Waals surface area contributed by atoms with Gasteiger partial charge in [-0.3, -0.25) is 4.90 Å². The Kier molecular flexibility index (Phi) is 5.42. The monoisotopic (exact) mass is 339 g/mol. The highest BCUT2D eigenvalue weighted by Crippen LogP contribution is 2.24. The van der Waals surface area contributed by atoms with Gasteiger partial charge in [-0.25, -0.2) is 0 Å². The zero-order valence-corrected chi connectivity index (χ0v) is 14.8. The molecule has 1 fully saturated rings. The van der Waals surface area contributed by atoms with Crippen LogP contribution in [-0.4, -0.2) is 40.3 Å². The molecule has 1 aliphatic rings. The average molecular weight is 339 g/mol. The molecule has 25 heavy (non-hydrogen) atoms. The summed E-state index contributed by atoms with van der Waals surface area (Å²) in [6.07, 6.45) is 1.93. The van der Waals surface area contributed by atoms with E-state index < -0.39 is 6.10 Å². The zero-order chi connectivity index (χ0) is 17.8. The van der Waals surface area contributed by atoms with Crippen molar-refractivity contribution in [1.29, 1.82) is 5.26 Å². The van der Waals surface area contributed by atoms with E-state index in [1.165, 1.54) is 5.56 Å². The maximum atomic E-state index is 10.5. The van der Waals surface area contributed by atoms with Crippen molar-refractivity contribution in [2.24, 2.45) is 0 Å². The lowest BCUT2D eigenvalue weighted by atomic mass is 10.0. The number of aromatic nitrogens is 1. The molecule has 1 aromatic carbocycles. The van der Waals surface area contributed by atoms with Gasteiger partial charge in [0, 0.05) is 25.8 Å². The summed E-state index contributed by atoms with van der Waals surface area (Å²) in [5.41, 5.74) is 2.87. The summed E-state index contributed by atoms with van der Waals surface area (Å²) in [5, 5.41) is 19.4. The lowest BCUT2D eigenvalue weighted by Crippen LogP contribution is -2.48. The Morgan fingerprint density at radius 3 is 2.92 bits per heavy atom. The number of rotatable bonds is 5. The van der Waals surface area contributed by atoms with Crippen molar-refractivity contribution in [2.75, 3.05) is 13.1 Å². The minimum Gasteiger partial charge on any atom is -0.488 e. The van der Waals surface area contributed by atoms with Crippen LogP contribution in [0.2, 0.25) is 0 Å². The summed E-state index contributed by atoms with van der Waals surface area (Å²) >= 11 is 0. The van der Waals surface area contributed by atoms with Crippen molar-refractivity contribution >= 4 is 0 Å². The minimum absolute atomic E-state index is 0.181. The molecule has 1 aromatic heterocycles. The van der Waals surface area contributed by atoms with Crippen LogP contribution in [-0.2, 0) is 6.54 Å². The van der Waals surface area contributed by atoms with Gasteiger partial charge in [0.05, 0.1) is 0 Å². The van der Waals surface area contributed by atoms with E-state index in [0.717, 1.165) is 30.8 Å². The lowest BCUT2D eigenvalue weighted by Gasteiger charge is -2.35. The van der Waals surface area contributed by atoms with Gasteiger partial charge in [0.1, 0.15) is 29.7 Å². The fourth-order valence-corrected chi connectivity index (χ4v) is 3.23. The smallest absolute Gasteiger partial charge is 0.127 e. The lowest BCUT2D eigenvalue weighted by molar-refractivity contribution is -0.0275. The Balaban J connectivity index is 1.56. The van der Waals surface area contributed by atoms with Gasteiger partial charge in [0.15, 0.2) is 0 Å². The van der Waals surface area contributed by atoms with E-state index in [-0.39, 0.29) is 6.10 Å². The fraction of sp³-hybridized carbons (Fsp3) is 0.450. The molecule has 3 rings (SSSR count). The van der Waals surface area contributed by atoms with E-state index in [2.05, 4.69) is 41.9 Å². The molecule has 2 heterocycles. The summed E-state index contributed by atoms with van der Waals surface area (Å²) in [7, 11) is 0. The Bertz CT molecular complexity index is 747. The van der Waals surface area contributed by atoms with Crippen molar-refractivity contribution in [3.8, 4) is 11.8 Å². The topological polar surface area (TPSA) is 72.3 Å². The molecule has 2 N–H and O–H groups in total. The number of hydrogen-bond donors (Lipinski definition) is 2. The van der Waals surface area contributed by atoms with Gasteiger partial charge < -0.3 is 14.8 Å². The first kappa shape index (κ1) is 17.5. The summed E-state index contributed by atoms with van der Waals surface area (Å²) in [5.74, 6) is 1.28. The number of likely N-dealkylation sites (tertiary alicyclic amines) is 1. The number of nitriles is 1. The molecule has 0 amide bonds. The zero-order valence-electron chi connectivity index (χ0n) is 14.8. The first-order valence-electron chi connectivity index (χ1n) is 8.79.